The summed E-state index contributed by atoms with van der Waals surface area (Å²) in [6, 6.07) is 16.7. The zero-order chi connectivity index (χ0) is 16.4. The van der Waals surface area contributed by atoms with Crippen LogP contribution in [0.3, 0.4) is 0 Å². The summed E-state index contributed by atoms with van der Waals surface area (Å²) in [5.74, 6) is 1.74. The van der Waals surface area contributed by atoms with E-state index in [9.17, 15) is 4.79 Å². The highest BCUT2D eigenvalue weighted by atomic mass is 16.2. The van der Waals surface area contributed by atoms with Crippen LogP contribution in [-0.2, 0) is 4.79 Å². The van der Waals surface area contributed by atoms with E-state index in [2.05, 4.69) is 39.5 Å². The van der Waals surface area contributed by atoms with Crippen molar-refractivity contribution in [3.05, 3.63) is 60.3 Å². The molecule has 4 nitrogen and oxygen atoms in total. The topological polar surface area (TPSA) is 45.2 Å². The predicted molar refractivity (Wildman–Crippen MR) is 94.9 cm³/mol. The van der Waals surface area contributed by atoms with Gasteiger partial charge in [0.15, 0.2) is 0 Å². The Kier molecular flexibility index (Phi) is 4.20. The molecule has 24 heavy (non-hydrogen) atoms. The van der Waals surface area contributed by atoms with Crippen LogP contribution in [0.5, 0.6) is 0 Å². The molecule has 0 unspecified atom stereocenters. The van der Waals surface area contributed by atoms with Gasteiger partial charge < -0.3 is 10.2 Å². The standard InChI is InChI=1S/C20H23N3O/c24-20(22-18-13-17(18)15-7-2-1-3-8-15)16-9-6-12-23(14-16)19-10-4-5-11-21-19/h1-5,7-8,10-11,16-18H,6,9,12-14H2,(H,22,24)/t16-,17-,18+/m0/s1. The lowest BCUT2D eigenvalue weighted by molar-refractivity contribution is -0.125. The number of rotatable bonds is 4. The Balaban J connectivity index is 1.34. The zero-order valence-electron chi connectivity index (χ0n) is 13.8. The molecule has 1 aromatic carbocycles. The molecule has 4 rings (SSSR count). The number of pyridine rings is 1. The first-order chi connectivity index (χ1) is 11.8. The number of anilines is 1. The van der Waals surface area contributed by atoms with Gasteiger partial charge in [-0.05, 0) is 37.0 Å². The summed E-state index contributed by atoms with van der Waals surface area (Å²) in [4.78, 5) is 19.3. The Morgan fingerprint density at radius 3 is 2.75 bits per heavy atom. The number of amides is 1. The summed E-state index contributed by atoms with van der Waals surface area (Å²) in [6.45, 7) is 1.75. The molecule has 1 saturated heterocycles. The Bertz CT molecular complexity index is 689. The van der Waals surface area contributed by atoms with Crippen LogP contribution in [0.25, 0.3) is 0 Å². The maximum Gasteiger partial charge on any atom is 0.225 e. The maximum atomic E-state index is 12.6. The second-order valence-electron chi connectivity index (χ2n) is 6.84. The van der Waals surface area contributed by atoms with Crippen molar-refractivity contribution in [3.63, 3.8) is 0 Å². The SMILES string of the molecule is O=C(N[C@@H]1C[C@H]1c1ccccc1)[C@H]1CCCN(c2ccccn2)C1. The Hall–Kier alpha value is -2.36. The van der Waals surface area contributed by atoms with Crippen molar-refractivity contribution in [2.45, 2.75) is 31.2 Å². The van der Waals surface area contributed by atoms with E-state index in [1.54, 1.807) is 0 Å². The smallest absolute Gasteiger partial charge is 0.225 e. The second-order valence-corrected chi connectivity index (χ2v) is 6.84. The van der Waals surface area contributed by atoms with Crippen molar-refractivity contribution in [2.75, 3.05) is 18.0 Å². The molecule has 1 aliphatic heterocycles. The van der Waals surface area contributed by atoms with Crippen molar-refractivity contribution in [1.29, 1.82) is 0 Å². The summed E-state index contributed by atoms with van der Waals surface area (Å²) < 4.78 is 0. The molecule has 3 atom stereocenters. The fourth-order valence-corrected chi connectivity index (χ4v) is 3.66. The van der Waals surface area contributed by atoms with E-state index in [0.29, 0.717) is 12.0 Å². The predicted octanol–water partition coefficient (Wildman–Crippen LogP) is 2.97. The summed E-state index contributed by atoms with van der Waals surface area (Å²) in [6.07, 6.45) is 4.89. The number of aromatic nitrogens is 1. The molecular weight excluding hydrogens is 298 g/mol. The highest BCUT2D eigenvalue weighted by Gasteiger charge is 2.40. The lowest BCUT2D eigenvalue weighted by Gasteiger charge is -2.32. The first kappa shape index (κ1) is 15.2. The first-order valence-electron chi connectivity index (χ1n) is 8.82. The van der Waals surface area contributed by atoms with Crippen LogP contribution in [0, 0.1) is 5.92 Å². The normalized spacial score (nSPS) is 26.0. The summed E-state index contributed by atoms with van der Waals surface area (Å²) in [7, 11) is 0. The number of carbonyl (C=O) groups is 1. The fourth-order valence-electron chi connectivity index (χ4n) is 3.66. The van der Waals surface area contributed by atoms with Crippen molar-refractivity contribution < 1.29 is 4.79 Å². The Labute approximate surface area is 142 Å². The van der Waals surface area contributed by atoms with E-state index in [1.165, 1.54) is 5.56 Å². The van der Waals surface area contributed by atoms with E-state index in [1.807, 2.05) is 30.5 Å². The molecule has 1 aromatic heterocycles. The minimum Gasteiger partial charge on any atom is -0.356 e. The van der Waals surface area contributed by atoms with Crippen LogP contribution in [0.1, 0.15) is 30.7 Å². The molecule has 1 saturated carbocycles. The molecule has 1 N–H and O–H groups in total. The summed E-state index contributed by atoms with van der Waals surface area (Å²) >= 11 is 0. The molecule has 2 aromatic rings. The Morgan fingerprint density at radius 1 is 1.12 bits per heavy atom. The number of hydrogen-bond acceptors (Lipinski definition) is 3. The van der Waals surface area contributed by atoms with Gasteiger partial charge >= 0.3 is 0 Å². The van der Waals surface area contributed by atoms with E-state index in [4.69, 9.17) is 0 Å². The van der Waals surface area contributed by atoms with Crippen LogP contribution >= 0.6 is 0 Å². The van der Waals surface area contributed by atoms with Gasteiger partial charge in [-0.3, -0.25) is 4.79 Å². The van der Waals surface area contributed by atoms with Gasteiger partial charge in [0.25, 0.3) is 0 Å². The molecule has 0 radical (unpaired) electrons. The average molecular weight is 321 g/mol. The highest BCUT2D eigenvalue weighted by Crippen LogP contribution is 2.40. The maximum absolute atomic E-state index is 12.6. The van der Waals surface area contributed by atoms with Gasteiger partial charge in [-0.25, -0.2) is 4.98 Å². The van der Waals surface area contributed by atoms with Crippen LogP contribution in [0.2, 0.25) is 0 Å². The van der Waals surface area contributed by atoms with Crippen LogP contribution < -0.4 is 10.2 Å². The van der Waals surface area contributed by atoms with Crippen molar-refractivity contribution in [2.24, 2.45) is 5.92 Å². The van der Waals surface area contributed by atoms with Crippen LogP contribution in [0.15, 0.2) is 54.7 Å². The van der Waals surface area contributed by atoms with Crippen molar-refractivity contribution in [3.8, 4) is 0 Å². The monoisotopic (exact) mass is 321 g/mol. The average Bonchev–Trinajstić information content (AvgIpc) is 3.42. The number of benzene rings is 1. The highest BCUT2D eigenvalue weighted by molar-refractivity contribution is 5.80. The third kappa shape index (κ3) is 3.28. The third-order valence-electron chi connectivity index (χ3n) is 5.11. The number of nitrogens with zero attached hydrogens (tertiary/aromatic N) is 2. The minimum absolute atomic E-state index is 0.0674. The molecule has 2 fully saturated rings. The third-order valence-corrected chi connectivity index (χ3v) is 5.11. The number of nitrogens with one attached hydrogen (secondary N) is 1. The molecule has 2 heterocycles. The molecular formula is C20H23N3O. The largest absolute Gasteiger partial charge is 0.356 e. The molecule has 0 spiro atoms. The minimum atomic E-state index is 0.0674. The van der Waals surface area contributed by atoms with Gasteiger partial charge in [0.05, 0.1) is 5.92 Å². The number of hydrogen-bond donors (Lipinski definition) is 1. The lowest BCUT2D eigenvalue weighted by atomic mass is 9.97. The quantitative estimate of drug-likeness (QED) is 0.941. The molecule has 1 amide bonds. The van der Waals surface area contributed by atoms with Crippen molar-refractivity contribution in [1.82, 2.24) is 10.3 Å². The lowest BCUT2D eigenvalue weighted by Crippen LogP contribution is -2.44. The van der Waals surface area contributed by atoms with E-state index < -0.39 is 0 Å². The van der Waals surface area contributed by atoms with Crippen LogP contribution in [-0.4, -0.2) is 30.0 Å². The number of piperidine rings is 1. The van der Waals surface area contributed by atoms with Gasteiger partial charge in [-0.2, -0.15) is 0 Å². The van der Waals surface area contributed by atoms with Gasteiger partial charge in [-0.15, -0.1) is 0 Å². The molecule has 4 heteroatoms. The van der Waals surface area contributed by atoms with Crippen LogP contribution in [0.4, 0.5) is 5.82 Å². The van der Waals surface area contributed by atoms with E-state index in [-0.39, 0.29) is 11.8 Å². The van der Waals surface area contributed by atoms with Gasteiger partial charge in [0.1, 0.15) is 5.82 Å². The number of carbonyl (C=O) groups excluding carboxylic acids is 1. The van der Waals surface area contributed by atoms with E-state index >= 15 is 0 Å². The van der Waals surface area contributed by atoms with Gasteiger partial charge in [-0.1, -0.05) is 36.4 Å². The second kappa shape index (κ2) is 6.63. The summed E-state index contributed by atoms with van der Waals surface area (Å²) in [5, 5.41) is 3.26. The Morgan fingerprint density at radius 2 is 1.96 bits per heavy atom. The van der Waals surface area contributed by atoms with E-state index in [0.717, 1.165) is 38.2 Å². The summed E-state index contributed by atoms with van der Waals surface area (Å²) in [5.41, 5.74) is 1.33. The van der Waals surface area contributed by atoms with Gasteiger partial charge in [0.2, 0.25) is 5.91 Å². The molecule has 2 aliphatic rings. The van der Waals surface area contributed by atoms with Gasteiger partial charge in [0, 0.05) is 31.2 Å². The molecule has 1 aliphatic carbocycles. The molecule has 124 valence electrons. The first-order valence-corrected chi connectivity index (χ1v) is 8.82. The fraction of sp³-hybridized carbons (Fsp3) is 0.400. The molecule has 0 bridgehead atoms. The van der Waals surface area contributed by atoms with Crippen molar-refractivity contribution >= 4 is 11.7 Å². The zero-order valence-corrected chi connectivity index (χ0v) is 13.8.